The van der Waals surface area contributed by atoms with E-state index < -0.39 is 0 Å². The molecule has 0 aliphatic heterocycles. The van der Waals surface area contributed by atoms with Crippen LogP contribution in [0, 0.1) is 12.8 Å². The average molecular weight is 341 g/mol. The molecule has 134 valence electrons. The van der Waals surface area contributed by atoms with Crippen LogP contribution in [0.3, 0.4) is 0 Å². The summed E-state index contributed by atoms with van der Waals surface area (Å²) in [6.45, 7) is 4.55. The van der Waals surface area contributed by atoms with Crippen LogP contribution < -0.4 is 5.56 Å². The van der Waals surface area contributed by atoms with Gasteiger partial charge in [0.2, 0.25) is 5.91 Å². The molecule has 0 spiro atoms. The summed E-state index contributed by atoms with van der Waals surface area (Å²) in [5.74, 6) is 0.658. The first kappa shape index (κ1) is 17.6. The van der Waals surface area contributed by atoms with Crippen LogP contribution in [-0.2, 0) is 11.3 Å². The molecule has 1 heterocycles. The number of para-hydroxylation sites is 1. The quantitative estimate of drug-likeness (QED) is 0.858. The first-order chi connectivity index (χ1) is 12.0. The predicted molar refractivity (Wildman–Crippen MR) is 99.5 cm³/mol. The van der Waals surface area contributed by atoms with Crippen molar-refractivity contribution in [3.63, 3.8) is 0 Å². The van der Waals surface area contributed by atoms with Gasteiger partial charge < -0.3 is 4.90 Å². The topological polar surface area (TPSA) is 55.2 Å². The van der Waals surface area contributed by atoms with Crippen molar-refractivity contribution >= 4 is 16.8 Å². The summed E-state index contributed by atoms with van der Waals surface area (Å²) >= 11 is 0. The van der Waals surface area contributed by atoms with Gasteiger partial charge in [-0.2, -0.15) is 0 Å². The normalized spacial score (nSPS) is 20.6. The zero-order chi connectivity index (χ0) is 18.0. The van der Waals surface area contributed by atoms with E-state index in [1.165, 1.54) is 19.3 Å². The Kier molecular flexibility index (Phi) is 5.21. The van der Waals surface area contributed by atoms with Gasteiger partial charge in [0.25, 0.3) is 5.56 Å². The highest BCUT2D eigenvalue weighted by molar-refractivity contribution is 5.80. The van der Waals surface area contributed by atoms with Crippen molar-refractivity contribution in [2.45, 2.75) is 58.5 Å². The monoisotopic (exact) mass is 341 g/mol. The van der Waals surface area contributed by atoms with E-state index in [9.17, 15) is 9.59 Å². The molecule has 2 atom stereocenters. The number of fused-ring (bicyclic) bond motifs is 1. The van der Waals surface area contributed by atoms with Gasteiger partial charge in [-0.1, -0.05) is 31.9 Å². The number of hydrogen-bond donors (Lipinski definition) is 0. The molecule has 1 fully saturated rings. The summed E-state index contributed by atoms with van der Waals surface area (Å²) in [5.41, 5.74) is 1.65. The second-order valence-electron chi connectivity index (χ2n) is 7.30. The fraction of sp³-hybridized carbons (Fsp3) is 0.550. The van der Waals surface area contributed by atoms with Crippen LogP contribution in [0.25, 0.3) is 10.9 Å². The number of nitrogens with zero attached hydrogens (tertiary/aromatic N) is 3. The lowest BCUT2D eigenvalue weighted by Crippen LogP contribution is -2.43. The van der Waals surface area contributed by atoms with Crippen LogP contribution in [-0.4, -0.2) is 33.4 Å². The van der Waals surface area contributed by atoms with Crippen LogP contribution >= 0.6 is 0 Å². The third-order valence-electron chi connectivity index (χ3n) is 5.58. The lowest BCUT2D eigenvalue weighted by atomic mass is 9.85. The minimum atomic E-state index is -0.0739. The highest BCUT2D eigenvalue weighted by Gasteiger charge is 2.27. The second-order valence-corrected chi connectivity index (χ2v) is 7.30. The molecular formula is C20H27N3O2. The number of carbonyl (C=O) groups is 1. The van der Waals surface area contributed by atoms with Crippen molar-refractivity contribution in [3.05, 3.63) is 40.4 Å². The molecule has 0 N–H and O–H groups in total. The molecule has 0 bridgehead atoms. The van der Waals surface area contributed by atoms with Gasteiger partial charge in [-0.05, 0) is 37.3 Å². The van der Waals surface area contributed by atoms with E-state index in [0.29, 0.717) is 30.3 Å². The first-order valence-electron chi connectivity index (χ1n) is 9.19. The Labute approximate surface area is 148 Å². The SMILES string of the molecule is Cc1cccc2c(=O)n(CCC(=O)N(C)[C@@H]3CCCC[C@@H]3C)cnc12. The van der Waals surface area contributed by atoms with E-state index in [1.807, 2.05) is 31.0 Å². The van der Waals surface area contributed by atoms with Crippen LogP contribution in [0.1, 0.15) is 44.6 Å². The smallest absolute Gasteiger partial charge is 0.261 e. The number of carbonyl (C=O) groups excluding carboxylic acids is 1. The van der Waals surface area contributed by atoms with Crippen molar-refractivity contribution < 1.29 is 4.79 Å². The Balaban J connectivity index is 1.71. The largest absolute Gasteiger partial charge is 0.342 e. The Morgan fingerprint density at radius 1 is 1.32 bits per heavy atom. The van der Waals surface area contributed by atoms with Crippen molar-refractivity contribution in [2.75, 3.05) is 7.05 Å². The van der Waals surface area contributed by atoms with Gasteiger partial charge in [0.1, 0.15) is 0 Å². The van der Waals surface area contributed by atoms with Crippen molar-refractivity contribution in [3.8, 4) is 0 Å². The van der Waals surface area contributed by atoms with Gasteiger partial charge >= 0.3 is 0 Å². The Morgan fingerprint density at radius 2 is 2.08 bits per heavy atom. The molecule has 1 aliphatic rings. The Morgan fingerprint density at radius 3 is 2.84 bits per heavy atom. The maximum Gasteiger partial charge on any atom is 0.261 e. The number of aromatic nitrogens is 2. The molecule has 0 saturated heterocycles. The Hall–Kier alpha value is -2.17. The number of benzene rings is 1. The van der Waals surface area contributed by atoms with Crippen LogP contribution in [0.5, 0.6) is 0 Å². The van der Waals surface area contributed by atoms with Gasteiger partial charge in [0, 0.05) is 26.1 Å². The molecule has 5 heteroatoms. The lowest BCUT2D eigenvalue weighted by Gasteiger charge is -2.36. The molecule has 1 aromatic carbocycles. The molecule has 25 heavy (non-hydrogen) atoms. The van der Waals surface area contributed by atoms with E-state index in [1.54, 1.807) is 17.0 Å². The lowest BCUT2D eigenvalue weighted by molar-refractivity contribution is -0.133. The standard InChI is InChI=1S/C20H27N3O2/c1-14-7-4-5-10-17(14)22(3)18(24)11-12-23-13-21-19-15(2)8-6-9-16(19)20(23)25/h6,8-9,13-14,17H,4-5,7,10-12H2,1-3H3/t14-,17+/m0/s1. The summed E-state index contributed by atoms with van der Waals surface area (Å²) in [6.07, 6.45) is 6.62. The van der Waals surface area contributed by atoms with Crippen LogP contribution in [0.4, 0.5) is 0 Å². The van der Waals surface area contributed by atoms with E-state index in [4.69, 9.17) is 0 Å². The fourth-order valence-corrected chi connectivity index (χ4v) is 3.95. The number of rotatable bonds is 4. The second kappa shape index (κ2) is 7.38. The summed E-state index contributed by atoms with van der Waals surface area (Å²) in [6, 6.07) is 5.94. The van der Waals surface area contributed by atoms with Crippen molar-refractivity contribution in [2.24, 2.45) is 5.92 Å². The fourth-order valence-electron chi connectivity index (χ4n) is 3.95. The van der Waals surface area contributed by atoms with E-state index in [-0.39, 0.29) is 11.5 Å². The molecule has 0 unspecified atom stereocenters. The summed E-state index contributed by atoms with van der Waals surface area (Å²) < 4.78 is 1.55. The van der Waals surface area contributed by atoms with Crippen molar-refractivity contribution in [1.82, 2.24) is 14.5 Å². The summed E-state index contributed by atoms with van der Waals surface area (Å²) in [4.78, 5) is 31.5. The summed E-state index contributed by atoms with van der Waals surface area (Å²) in [5, 5.41) is 0.615. The van der Waals surface area contributed by atoms with Gasteiger partial charge in [0.15, 0.2) is 0 Å². The molecule has 5 nitrogen and oxygen atoms in total. The van der Waals surface area contributed by atoms with E-state index >= 15 is 0 Å². The maximum absolute atomic E-state index is 12.6. The average Bonchev–Trinajstić information content (AvgIpc) is 2.61. The molecule has 1 aliphatic carbocycles. The zero-order valence-electron chi connectivity index (χ0n) is 15.4. The minimum absolute atomic E-state index is 0.0739. The van der Waals surface area contributed by atoms with E-state index in [2.05, 4.69) is 11.9 Å². The predicted octanol–water partition coefficient (Wildman–Crippen LogP) is 3.13. The molecule has 1 saturated carbocycles. The zero-order valence-corrected chi connectivity index (χ0v) is 15.4. The van der Waals surface area contributed by atoms with Gasteiger partial charge in [-0.15, -0.1) is 0 Å². The van der Waals surface area contributed by atoms with Gasteiger partial charge in [-0.25, -0.2) is 4.98 Å². The Bertz CT molecular complexity index is 827. The third-order valence-corrected chi connectivity index (χ3v) is 5.58. The molecule has 3 rings (SSSR count). The highest BCUT2D eigenvalue weighted by atomic mass is 16.2. The maximum atomic E-state index is 12.6. The number of amides is 1. The minimum Gasteiger partial charge on any atom is -0.342 e. The molecular weight excluding hydrogens is 314 g/mol. The van der Waals surface area contributed by atoms with Crippen molar-refractivity contribution in [1.29, 1.82) is 0 Å². The first-order valence-corrected chi connectivity index (χ1v) is 9.19. The van der Waals surface area contributed by atoms with Crippen LogP contribution in [0.2, 0.25) is 0 Å². The molecule has 1 amide bonds. The highest BCUT2D eigenvalue weighted by Crippen LogP contribution is 2.27. The molecule has 2 aromatic rings. The van der Waals surface area contributed by atoms with Gasteiger partial charge in [0.05, 0.1) is 17.2 Å². The van der Waals surface area contributed by atoms with Crippen LogP contribution in [0.15, 0.2) is 29.3 Å². The molecule has 0 radical (unpaired) electrons. The number of hydrogen-bond acceptors (Lipinski definition) is 3. The van der Waals surface area contributed by atoms with E-state index in [0.717, 1.165) is 17.5 Å². The summed E-state index contributed by atoms with van der Waals surface area (Å²) in [7, 11) is 1.90. The third kappa shape index (κ3) is 3.60. The van der Waals surface area contributed by atoms with Gasteiger partial charge in [-0.3, -0.25) is 14.2 Å². The molecule has 1 aromatic heterocycles. The number of aryl methyl sites for hydroxylation is 2.